The van der Waals surface area contributed by atoms with Crippen molar-refractivity contribution in [2.75, 3.05) is 11.9 Å². The van der Waals surface area contributed by atoms with Crippen LogP contribution in [0.5, 0.6) is 0 Å². The van der Waals surface area contributed by atoms with Crippen LogP contribution in [0.4, 0.5) is 10.6 Å². The van der Waals surface area contributed by atoms with Gasteiger partial charge in [-0.3, -0.25) is 9.59 Å². The lowest BCUT2D eigenvalue weighted by molar-refractivity contribution is -0.136. The second-order valence-corrected chi connectivity index (χ2v) is 4.31. The van der Waals surface area contributed by atoms with Crippen molar-refractivity contribution >= 4 is 35.3 Å². The molecule has 1 aromatic heterocycles. The summed E-state index contributed by atoms with van der Waals surface area (Å²) in [6.45, 7) is 1.54. The van der Waals surface area contributed by atoms with Gasteiger partial charge in [-0.15, -0.1) is 0 Å². The van der Waals surface area contributed by atoms with E-state index in [1.807, 2.05) is 0 Å². The van der Waals surface area contributed by atoms with Gasteiger partial charge in [0, 0.05) is 18.8 Å². The fraction of sp³-hybridized carbons (Fsp3) is 0.273. The van der Waals surface area contributed by atoms with Crippen molar-refractivity contribution in [3.63, 3.8) is 0 Å². The van der Waals surface area contributed by atoms with Crippen LogP contribution in [-0.4, -0.2) is 40.6 Å². The molecule has 1 atom stereocenters. The summed E-state index contributed by atoms with van der Waals surface area (Å²) in [6, 6.07) is 2.45. The number of hydrogen-bond donors (Lipinski definition) is 4. The summed E-state index contributed by atoms with van der Waals surface area (Å²) in [5.74, 6) is -1.60. The highest BCUT2D eigenvalue weighted by Gasteiger charge is 2.15. The van der Waals surface area contributed by atoms with Gasteiger partial charge in [-0.05, 0) is 19.1 Å². The van der Waals surface area contributed by atoms with Crippen molar-refractivity contribution in [1.29, 1.82) is 0 Å². The molecule has 0 saturated carbocycles. The second-order valence-electron chi connectivity index (χ2n) is 3.88. The van der Waals surface area contributed by atoms with E-state index in [9.17, 15) is 14.4 Å². The van der Waals surface area contributed by atoms with E-state index in [1.165, 1.54) is 18.3 Å². The van der Waals surface area contributed by atoms with Crippen LogP contribution >= 0.6 is 11.6 Å². The number of pyridine rings is 1. The zero-order valence-corrected chi connectivity index (χ0v) is 11.3. The summed E-state index contributed by atoms with van der Waals surface area (Å²) >= 11 is 5.63. The van der Waals surface area contributed by atoms with E-state index in [0.717, 1.165) is 0 Å². The van der Waals surface area contributed by atoms with E-state index in [-0.39, 0.29) is 12.4 Å². The van der Waals surface area contributed by atoms with E-state index >= 15 is 0 Å². The summed E-state index contributed by atoms with van der Waals surface area (Å²) in [6.07, 6.45) is 0.120. The molecule has 0 aromatic carbocycles. The third-order valence-corrected chi connectivity index (χ3v) is 2.34. The minimum Gasteiger partial charge on any atom is -0.465 e. The maximum Gasteiger partial charge on any atom is 0.404 e. The molecule has 8 nitrogen and oxygen atoms in total. The van der Waals surface area contributed by atoms with Gasteiger partial charge in [-0.2, -0.15) is 0 Å². The lowest BCUT2D eigenvalue weighted by Gasteiger charge is -2.12. The minimum absolute atomic E-state index is 0.00734. The number of rotatable bonds is 4. The van der Waals surface area contributed by atoms with E-state index in [2.05, 4.69) is 20.9 Å². The topological polar surface area (TPSA) is 120 Å². The predicted molar refractivity (Wildman–Crippen MR) is 71.5 cm³/mol. The first-order valence-electron chi connectivity index (χ1n) is 5.58. The molecule has 0 saturated heterocycles. The maximum absolute atomic E-state index is 11.5. The smallest absolute Gasteiger partial charge is 0.404 e. The summed E-state index contributed by atoms with van der Waals surface area (Å²) in [7, 11) is 0. The van der Waals surface area contributed by atoms with Crippen LogP contribution in [0.2, 0.25) is 5.02 Å². The first-order valence-corrected chi connectivity index (χ1v) is 5.96. The number of aromatic nitrogens is 1. The highest BCUT2D eigenvalue weighted by Crippen LogP contribution is 2.09. The average molecular weight is 301 g/mol. The van der Waals surface area contributed by atoms with Gasteiger partial charge in [-0.25, -0.2) is 9.78 Å². The van der Waals surface area contributed by atoms with Crippen LogP contribution in [-0.2, 0) is 9.59 Å². The number of nitrogens with zero attached hydrogens (tertiary/aromatic N) is 1. The molecule has 0 radical (unpaired) electrons. The number of amides is 3. The van der Waals surface area contributed by atoms with Gasteiger partial charge >= 0.3 is 17.9 Å². The Kier molecular flexibility index (Phi) is 5.73. The van der Waals surface area contributed by atoms with Gasteiger partial charge in [0.2, 0.25) is 0 Å². The summed E-state index contributed by atoms with van der Waals surface area (Å²) < 4.78 is 0. The predicted octanol–water partition coefficient (Wildman–Crippen LogP) is 0.446. The maximum atomic E-state index is 11.5. The third-order valence-electron chi connectivity index (χ3n) is 2.11. The first kappa shape index (κ1) is 15.7. The molecular formula is C11H13ClN4O4. The molecule has 0 aliphatic rings. The minimum atomic E-state index is -1.21. The lowest BCUT2D eigenvalue weighted by atomic mass is 10.3. The Morgan fingerprint density at radius 2 is 2.05 bits per heavy atom. The van der Waals surface area contributed by atoms with Crippen molar-refractivity contribution in [2.24, 2.45) is 0 Å². The molecule has 3 amide bonds. The molecule has 108 valence electrons. The molecule has 1 aromatic rings. The summed E-state index contributed by atoms with van der Waals surface area (Å²) in [5, 5.41) is 15.6. The SMILES string of the molecule is C[C@H](CNC(=O)C(=O)Nc1ccc(Cl)cn1)NC(=O)O. The molecule has 0 bridgehead atoms. The number of carbonyl (C=O) groups excluding carboxylic acids is 2. The Bertz CT molecular complexity index is 506. The number of carbonyl (C=O) groups is 3. The van der Waals surface area contributed by atoms with Gasteiger partial charge in [0.05, 0.1) is 5.02 Å². The van der Waals surface area contributed by atoms with Crippen LogP contribution in [0.3, 0.4) is 0 Å². The van der Waals surface area contributed by atoms with Crippen LogP contribution in [0.1, 0.15) is 6.92 Å². The van der Waals surface area contributed by atoms with Gasteiger partial charge in [0.1, 0.15) is 5.82 Å². The van der Waals surface area contributed by atoms with Crippen LogP contribution < -0.4 is 16.0 Å². The van der Waals surface area contributed by atoms with Gasteiger partial charge in [0.15, 0.2) is 0 Å². The van der Waals surface area contributed by atoms with E-state index < -0.39 is 23.9 Å². The molecule has 0 spiro atoms. The van der Waals surface area contributed by atoms with Crippen LogP contribution in [0.25, 0.3) is 0 Å². The quantitative estimate of drug-likeness (QED) is 0.602. The van der Waals surface area contributed by atoms with Gasteiger partial charge in [0.25, 0.3) is 0 Å². The van der Waals surface area contributed by atoms with Crippen LogP contribution in [0, 0.1) is 0 Å². The fourth-order valence-electron chi connectivity index (χ4n) is 1.21. The van der Waals surface area contributed by atoms with E-state index in [1.54, 1.807) is 6.92 Å². The second kappa shape index (κ2) is 7.29. The Hall–Kier alpha value is -2.35. The molecule has 1 heterocycles. The standard InChI is InChI=1S/C11H13ClN4O4/c1-6(15-11(19)20)4-14-9(17)10(18)16-8-3-2-7(12)5-13-8/h2-3,5-6,15H,4H2,1H3,(H,14,17)(H,19,20)(H,13,16,18)/t6-/m1/s1. The van der Waals surface area contributed by atoms with Crippen molar-refractivity contribution in [3.05, 3.63) is 23.4 Å². The number of anilines is 1. The third kappa shape index (κ3) is 5.53. The number of hydrogen-bond acceptors (Lipinski definition) is 4. The average Bonchev–Trinajstić information content (AvgIpc) is 2.37. The monoisotopic (exact) mass is 300 g/mol. The van der Waals surface area contributed by atoms with E-state index in [0.29, 0.717) is 5.02 Å². The first-order chi connectivity index (χ1) is 9.38. The van der Waals surface area contributed by atoms with Crippen molar-refractivity contribution < 1.29 is 19.5 Å². The summed E-state index contributed by atoms with van der Waals surface area (Å²) in [4.78, 5) is 37.1. The molecule has 0 aliphatic carbocycles. The highest BCUT2D eigenvalue weighted by molar-refractivity contribution is 6.39. The fourth-order valence-corrected chi connectivity index (χ4v) is 1.32. The Morgan fingerprint density at radius 1 is 1.35 bits per heavy atom. The van der Waals surface area contributed by atoms with Gasteiger partial charge in [-0.1, -0.05) is 11.6 Å². The lowest BCUT2D eigenvalue weighted by Crippen LogP contribution is -2.44. The Morgan fingerprint density at radius 3 is 2.60 bits per heavy atom. The van der Waals surface area contributed by atoms with E-state index in [4.69, 9.17) is 16.7 Å². The van der Waals surface area contributed by atoms with Crippen molar-refractivity contribution in [3.8, 4) is 0 Å². The molecule has 0 fully saturated rings. The number of halogens is 1. The molecule has 9 heteroatoms. The molecule has 0 unspecified atom stereocenters. The molecular weight excluding hydrogens is 288 g/mol. The summed E-state index contributed by atoms with van der Waals surface area (Å²) in [5.41, 5.74) is 0. The van der Waals surface area contributed by atoms with Crippen molar-refractivity contribution in [2.45, 2.75) is 13.0 Å². The highest BCUT2D eigenvalue weighted by atomic mass is 35.5. The number of nitrogens with one attached hydrogen (secondary N) is 3. The Labute approximate surface area is 119 Å². The molecule has 0 aliphatic heterocycles. The zero-order valence-electron chi connectivity index (χ0n) is 10.5. The van der Waals surface area contributed by atoms with Crippen LogP contribution in [0.15, 0.2) is 18.3 Å². The molecule has 4 N–H and O–H groups in total. The Balaban J connectivity index is 2.41. The molecule has 20 heavy (non-hydrogen) atoms. The normalized spacial score (nSPS) is 11.3. The zero-order chi connectivity index (χ0) is 15.1. The van der Waals surface area contributed by atoms with Gasteiger partial charge < -0.3 is 21.1 Å². The number of carboxylic acid groups (broad SMARTS) is 1. The molecule has 1 rings (SSSR count). The largest absolute Gasteiger partial charge is 0.465 e. The van der Waals surface area contributed by atoms with Crippen molar-refractivity contribution in [1.82, 2.24) is 15.6 Å².